The number of carbonyl (C=O) groups is 1. The molecular weight excluding hydrogens is 432 g/mol. The fourth-order valence-corrected chi connectivity index (χ4v) is 5.17. The molecule has 0 bridgehead atoms. The van der Waals surface area contributed by atoms with Crippen LogP contribution in [-0.4, -0.2) is 24.3 Å². The number of hydrogen-bond acceptors (Lipinski definition) is 7. The summed E-state index contributed by atoms with van der Waals surface area (Å²) < 4.78 is 12.7. The van der Waals surface area contributed by atoms with Crippen LogP contribution in [0.2, 0.25) is 0 Å². The molecule has 0 unspecified atom stereocenters. The van der Waals surface area contributed by atoms with Crippen molar-refractivity contribution in [3.63, 3.8) is 0 Å². The number of fused-ring (bicyclic) bond motifs is 1. The molecule has 2 aromatic heterocycles. The summed E-state index contributed by atoms with van der Waals surface area (Å²) in [7, 11) is 1.59. The number of rotatable bonds is 6. The molecule has 1 aliphatic heterocycles. The van der Waals surface area contributed by atoms with Gasteiger partial charge < -0.3 is 9.47 Å². The van der Waals surface area contributed by atoms with Gasteiger partial charge in [0.05, 0.1) is 29.0 Å². The number of nitrogens with zero attached hydrogens (tertiary/aromatic N) is 2. The van der Waals surface area contributed by atoms with E-state index < -0.39 is 12.0 Å². The first kappa shape index (κ1) is 21.0. The molecule has 0 radical (unpaired) electrons. The van der Waals surface area contributed by atoms with Gasteiger partial charge in [0, 0.05) is 4.88 Å². The topological polar surface area (TPSA) is 69.9 Å². The molecular formula is C23H20N2O4S2. The lowest BCUT2D eigenvalue weighted by Crippen LogP contribution is -2.39. The van der Waals surface area contributed by atoms with E-state index in [1.807, 2.05) is 35.7 Å². The van der Waals surface area contributed by atoms with E-state index in [4.69, 9.17) is 9.47 Å². The minimum atomic E-state index is -0.648. The fourth-order valence-electron chi connectivity index (χ4n) is 3.40. The van der Waals surface area contributed by atoms with Gasteiger partial charge >= 0.3 is 5.97 Å². The predicted octanol–water partition coefficient (Wildman–Crippen LogP) is 3.03. The van der Waals surface area contributed by atoms with Gasteiger partial charge in [0.2, 0.25) is 0 Å². The Bertz CT molecular complexity index is 1330. The maximum atomic E-state index is 13.4. The summed E-state index contributed by atoms with van der Waals surface area (Å²) in [4.78, 5) is 32.4. The second-order valence-electron chi connectivity index (χ2n) is 6.76. The third-order valence-electron chi connectivity index (χ3n) is 4.82. The number of carbonyl (C=O) groups excluding carboxylic acids is 1. The smallest absolute Gasteiger partial charge is 0.338 e. The average molecular weight is 453 g/mol. The van der Waals surface area contributed by atoms with Crippen LogP contribution in [0.1, 0.15) is 23.4 Å². The number of methoxy groups -OCH3 is 1. The zero-order valence-corrected chi connectivity index (χ0v) is 18.7. The summed E-state index contributed by atoms with van der Waals surface area (Å²) in [6, 6.07) is 10.5. The number of benzene rings is 1. The maximum Gasteiger partial charge on any atom is 0.338 e. The SMILES string of the molecule is C=CCOC(=O)C1=C(C)N=c2s/c(=C/c3cccs3)c(=O)n2[C@@H]1c1ccc(OC)cc1. The van der Waals surface area contributed by atoms with E-state index >= 15 is 0 Å². The summed E-state index contributed by atoms with van der Waals surface area (Å²) in [5.74, 6) is 0.167. The van der Waals surface area contributed by atoms with E-state index in [0.29, 0.717) is 26.4 Å². The van der Waals surface area contributed by atoms with Crippen LogP contribution in [0.25, 0.3) is 6.08 Å². The number of hydrogen-bond donors (Lipinski definition) is 0. The molecule has 158 valence electrons. The quantitative estimate of drug-likeness (QED) is 0.426. The minimum absolute atomic E-state index is 0.0771. The Morgan fingerprint density at radius 3 is 2.71 bits per heavy atom. The third-order valence-corrected chi connectivity index (χ3v) is 6.62. The van der Waals surface area contributed by atoms with Crippen molar-refractivity contribution in [2.75, 3.05) is 13.7 Å². The highest BCUT2D eigenvalue weighted by atomic mass is 32.1. The van der Waals surface area contributed by atoms with Gasteiger partial charge in [-0.1, -0.05) is 42.2 Å². The van der Waals surface area contributed by atoms with Crippen molar-refractivity contribution in [1.82, 2.24) is 4.57 Å². The third kappa shape index (κ3) is 4.04. The molecule has 1 aliphatic rings. The number of allylic oxidation sites excluding steroid dienone is 1. The molecule has 3 aromatic rings. The lowest BCUT2D eigenvalue weighted by atomic mass is 9.96. The highest BCUT2D eigenvalue weighted by Gasteiger charge is 2.33. The zero-order valence-electron chi connectivity index (χ0n) is 17.0. The molecule has 1 atom stereocenters. The van der Waals surface area contributed by atoms with Gasteiger partial charge in [0.1, 0.15) is 12.4 Å². The van der Waals surface area contributed by atoms with Crippen molar-refractivity contribution in [3.05, 3.63) is 95.8 Å². The van der Waals surface area contributed by atoms with Crippen molar-refractivity contribution in [2.45, 2.75) is 13.0 Å². The number of thiophene rings is 1. The lowest BCUT2D eigenvalue weighted by molar-refractivity contribution is -0.138. The monoisotopic (exact) mass is 452 g/mol. The van der Waals surface area contributed by atoms with Crippen LogP contribution in [-0.2, 0) is 9.53 Å². The number of ether oxygens (including phenoxy) is 2. The van der Waals surface area contributed by atoms with E-state index in [1.165, 1.54) is 17.4 Å². The van der Waals surface area contributed by atoms with Crippen LogP contribution >= 0.6 is 22.7 Å². The van der Waals surface area contributed by atoms with Gasteiger partial charge in [-0.2, -0.15) is 0 Å². The van der Waals surface area contributed by atoms with Gasteiger partial charge in [-0.3, -0.25) is 9.36 Å². The Balaban J connectivity index is 1.93. The first-order valence-corrected chi connectivity index (χ1v) is 11.2. The molecule has 8 heteroatoms. The minimum Gasteiger partial charge on any atom is -0.497 e. The zero-order chi connectivity index (χ0) is 22.0. The van der Waals surface area contributed by atoms with Crippen molar-refractivity contribution in [2.24, 2.45) is 4.99 Å². The van der Waals surface area contributed by atoms with E-state index in [0.717, 1.165) is 10.4 Å². The molecule has 0 saturated heterocycles. The summed E-state index contributed by atoms with van der Waals surface area (Å²) in [5, 5.41) is 1.96. The van der Waals surface area contributed by atoms with Gasteiger partial charge in [0.15, 0.2) is 4.80 Å². The first-order valence-electron chi connectivity index (χ1n) is 9.51. The Hall–Kier alpha value is -3.23. The van der Waals surface area contributed by atoms with Crippen molar-refractivity contribution < 1.29 is 14.3 Å². The van der Waals surface area contributed by atoms with Crippen molar-refractivity contribution in [3.8, 4) is 5.75 Å². The standard InChI is InChI=1S/C23H20N2O4S2/c1-4-11-29-22(27)19-14(2)24-23-25(20(19)15-7-9-16(28-3)10-8-15)21(26)18(31-23)13-17-6-5-12-30-17/h4-10,12-13,20H,1,11H2,2-3H3/b18-13+/t20-/m1/s1. The van der Waals surface area contributed by atoms with Crippen LogP contribution < -0.4 is 19.6 Å². The largest absolute Gasteiger partial charge is 0.497 e. The highest BCUT2D eigenvalue weighted by molar-refractivity contribution is 7.11. The molecule has 0 amide bonds. The molecule has 0 saturated carbocycles. The van der Waals surface area contributed by atoms with Gasteiger partial charge in [0.25, 0.3) is 5.56 Å². The van der Waals surface area contributed by atoms with Crippen LogP contribution in [0.15, 0.2) is 75.5 Å². The van der Waals surface area contributed by atoms with E-state index in [2.05, 4.69) is 11.6 Å². The molecule has 0 spiro atoms. The molecule has 31 heavy (non-hydrogen) atoms. The normalized spacial score (nSPS) is 15.9. The molecule has 4 rings (SSSR count). The summed E-state index contributed by atoms with van der Waals surface area (Å²) in [6.45, 7) is 5.43. The second kappa shape index (κ2) is 8.87. The molecule has 0 N–H and O–H groups in total. The second-order valence-corrected chi connectivity index (χ2v) is 8.75. The molecule has 3 heterocycles. The van der Waals surface area contributed by atoms with Crippen LogP contribution in [0, 0.1) is 0 Å². The summed E-state index contributed by atoms with van der Waals surface area (Å²) in [6.07, 6.45) is 3.36. The van der Waals surface area contributed by atoms with Crippen molar-refractivity contribution in [1.29, 1.82) is 0 Å². The molecule has 0 aliphatic carbocycles. The molecule has 6 nitrogen and oxygen atoms in total. The van der Waals surface area contributed by atoms with Gasteiger partial charge in [-0.25, -0.2) is 9.79 Å². The molecule has 1 aromatic carbocycles. The maximum absolute atomic E-state index is 13.4. The van der Waals surface area contributed by atoms with E-state index in [1.54, 1.807) is 42.1 Å². The number of aromatic nitrogens is 1. The van der Waals surface area contributed by atoms with E-state index in [9.17, 15) is 9.59 Å². The van der Waals surface area contributed by atoms with Crippen molar-refractivity contribution >= 4 is 34.7 Å². The highest BCUT2D eigenvalue weighted by Crippen LogP contribution is 2.31. The van der Waals surface area contributed by atoms with Crippen LogP contribution in [0.3, 0.4) is 0 Å². The lowest BCUT2D eigenvalue weighted by Gasteiger charge is -2.24. The Morgan fingerprint density at radius 2 is 2.06 bits per heavy atom. The van der Waals surface area contributed by atoms with Gasteiger partial charge in [-0.05, 0) is 42.1 Å². The summed E-state index contributed by atoms with van der Waals surface area (Å²) >= 11 is 2.86. The first-order chi connectivity index (χ1) is 15.0. The summed E-state index contributed by atoms with van der Waals surface area (Å²) in [5.41, 5.74) is 1.44. The Morgan fingerprint density at radius 1 is 1.29 bits per heavy atom. The molecule has 0 fully saturated rings. The van der Waals surface area contributed by atoms with Crippen LogP contribution in [0.4, 0.5) is 0 Å². The Kier molecular flexibility index (Phi) is 6.01. The Labute approximate surface area is 186 Å². The van der Waals surface area contributed by atoms with Crippen LogP contribution in [0.5, 0.6) is 5.75 Å². The van der Waals surface area contributed by atoms with E-state index in [-0.39, 0.29) is 12.2 Å². The predicted molar refractivity (Wildman–Crippen MR) is 122 cm³/mol. The fraction of sp³-hybridized carbons (Fsp3) is 0.174. The number of thiazole rings is 1. The van der Waals surface area contributed by atoms with Gasteiger partial charge in [-0.15, -0.1) is 11.3 Å². The average Bonchev–Trinajstić information content (AvgIpc) is 3.39. The number of esters is 1.